The number of aryl methyl sites for hydroxylation is 1. The summed E-state index contributed by atoms with van der Waals surface area (Å²) in [5, 5.41) is 3.91. The van der Waals surface area contributed by atoms with Gasteiger partial charge in [0.05, 0.1) is 19.0 Å². The molecule has 5 heteroatoms. The number of hydrogen-bond donors (Lipinski definition) is 0. The topological polar surface area (TPSA) is 53.4 Å². The molecule has 1 aromatic heterocycles. The Bertz CT molecular complexity index is 309. The van der Waals surface area contributed by atoms with Crippen molar-refractivity contribution in [3.8, 4) is 5.75 Å². The summed E-state index contributed by atoms with van der Waals surface area (Å²) < 4.78 is 11.7. The predicted octanol–water partition coefficient (Wildman–Crippen LogP) is 0.750. The van der Waals surface area contributed by atoms with Crippen LogP contribution in [0.1, 0.15) is 13.8 Å². The molecule has 1 heterocycles. The first kappa shape index (κ1) is 10.6. The third-order valence-corrected chi connectivity index (χ3v) is 1.61. The molecule has 0 aromatic carbocycles. The first-order valence-electron chi connectivity index (χ1n) is 4.45. The highest BCUT2D eigenvalue weighted by Gasteiger charge is 2.15. The van der Waals surface area contributed by atoms with Crippen LogP contribution in [0.4, 0.5) is 0 Å². The van der Waals surface area contributed by atoms with Crippen LogP contribution in [0.5, 0.6) is 5.75 Å². The standard InChI is InChI=1S/C9H14N2O3/c1-4-13-9(12)7(2)14-8-5-10-11(3)6-8/h5-7H,4H2,1-3H3. The Balaban J connectivity index is 2.48. The van der Waals surface area contributed by atoms with E-state index in [-0.39, 0.29) is 5.97 Å². The van der Waals surface area contributed by atoms with Gasteiger partial charge in [-0.05, 0) is 13.8 Å². The van der Waals surface area contributed by atoms with Crippen LogP contribution < -0.4 is 4.74 Å². The van der Waals surface area contributed by atoms with E-state index in [0.29, 0.717) is 12.4 Å². The zero-order valence-corrected chi connectivity index (χ0v) is 8.56. The van der Waals surface area contributed by atoms with Gasteiger partial charge < -0.3 is 9.47 Å². The Morgan fingerprint density at radius 3 is 2.93 bits per heavy atom. The number of esters is 1. The summed E-state index contributed by atoms with van der Waals surface area (Å²) in [4.78, 5) is 11.2. The smallest absolute Gasteiger partial charge is 0.347 e. The summed E-state index contributed by atoms with van der Waals surface area (Å²) in [5.41, 5.74) is 0. The van der Waals surface area contributed by atoms with Crippen molar-refractivity contribution in [2.24, 2.45) is 7.05 Å². The summed E-state index contributed by atoms with van der Waals surface area (Å²) in [6.45, 7) is 3.76. The fourth-order valence-corrected chi connectivity index (χ4v) is 0.971. The Kier molecular flexibility index (Phi) is 3.50. The van der Waals surface area contributed by atoms with Crippen LogP contribution in [0.15, 0.2) is 12.4 Å². The van der Waals surface area contributed by atoms with Crippen LogP contribution in [-0.4, -0.2) is 28.5 Å². The highest BCUT2D eigenvalue weighted by atomic mass is 16.6. The zero-order chi connectivity index (χ0) is 10.6. The van der Waals surface area contributed by atoms with Gasteiger partial charge in [0.25, 0.3) is 0 Å². The van der Waals surface area contributed by atoms with Gasteiger partial charge in [0, 0.05) is 7.05 Å². The quantitative estimate of drug-likeness (QED) is 0.670. The average molecular weight is 198 g/mol. The van der Waals surface area contributed by atoms with E-state index in [0.717, 1.165) is 0 Å². The lowest BCUT2D eigenvalue weighted by atomic mass is 10.4. The van der Waals surface area contributed by atoms with E-state index < -0.39 is 6.10 Å². The van der Waals surface area contributed by atoms with E-state index in [1.54, 1.807) is 38.0 Å². The van der Waals surface area contributed by atoms with Gasteiger partial charge in [-0.15, -0.1) is 0 Å². The van der Waals surface area contributed by atoms with Gasteiger partial charge in [-0.25, -0.2) is 4.79 Å². The minimum absolute atomic E-state index is 0.361. The fourth-order valence-electron chi connectivity index (χ4n) is 0.971. The molecular weight excluding hydrogens is 184 g/mol. The van der Waals surface area contributed by atoms with E-state index in [2.05, 4.69) is 5.10 Å². The van der Waals surface area contributed by atoms with E-state index >= 15 is 0 Å². The maximum Gasteiger partial charge on any atom is 0.347 e. The predicted molar refractivity (Wildman–Crippen MR) is 49.9 cm³/mol. The summed E-state index contributed by atoms with van der Waals surface area (Å²) in [7, 11) is 1.78. The maximum atomic E-state index is 11.2. The Morgan fingerprint density at radius 1 is 1.71 bits per heavy atom. The first-order valence-corrected chi connectivity index (χ1v) is 4.45. The van der Waals surface area contributed by atoms with E-state index in [9.17, 15) is 4.79 Å². The second-order valence-electron chi connectivity index (χ2n) is 2.86. The van der Waals surface area contributed by atoms with Crippen molar-refractivity contribution in [1.82, 2.24) is 9.78 Å². The summed E-state index contributed by atoms with van der Waals surface area (Å²) in [6.07, 6.45) is 2.64. The van der Waals surface area contributed by atoms with Gasteiger partial charge in [-0.3, -0.25) is 4.68 Å². The zero-order valence-electron chi connectivity index (χ0n) is 8.56. The number of carbonyl (C=O) groups is 1. The Morgan fingerprint density at radius 2 is 2.43 bits per heavy atom. The molecule has 0 saturated carbocycles. The van der Waals surface area contributed by atoms with Crippen LogP contribution >= 0.6 is 0 Å². The molecule has 0 amide bonds. The molecule has 5 nitrogen and oxygen atoms in total. The second kappa shape index (κ2) is 4.64. The minimum atomic E-state index is -0.598. The monoisotopic (exact) mass is 198 g/mol. The maximum absolute atomic E-state index is 11.2. The number of hydrogen-bond acceptors (Lipinski definition) is 4. The molecule has 78 valence electrons. The third kappa shape index (κ3) is 2.76. The van der Waals surface area contributed by atoms with Crippen molar-refractivity contribution < 1.29 is 14.3 Å². The summed E-state index contributed by atoms with van der Waals surface area (Å²) in [5.74, 6) is 0.199. The van der Waals surface area contributed by atoms with Crippen molar-refractivity contribution in [3.05, 3.63) is 12.4 Å². The molecule has 1 unspecified atom stereocenters. The van der Waals surface area contributed by atoms with Crippen molar-refractivity contribution in [2.75, 3.05) is 6.61 Å². The van der Waals surface area contributed by atoms with Crippen LogP contribution in [0.2, 0.25) is 0 Å². The van der Waals surface area contributed by atoms with Crippen LogP contribution in [0, 0.1) is 0 Å². The Labute approximate surface area is 82.6 Å². The number of ether oxygens (including phenoxy) is 2. The molecule has 1 rings (SSSR count). The molecule has 1 aromatic rings. The van der Waals surface area contributed by atoms with Crippen LogP contribution in [0.25, 0.3) is 0 Å². The normalized spacial score (nSPS) is 12.2. The number of aromatic nitrogens is 2. The molecule has 0 saturated heterocycles. The molecule has 0 aliphatic carbocycles. The highest BCUT2D eigenvalue weighted by molar-refractivity contribution is 5.74. The largest absolute Gasteiger partial charge is 0.476 e. The molecule has 0 aliphatic rings. The van der Waals surface area contributed by atoms with Crippen molar-refractivity contribution in [3.63, 3.8) is 0 Å². The highest BCUT2D eigenvalue weighted by Crippen LogP contribution is 2.10. The third-order valence-electron chi connectivity index (χ3n) is 1.61. The molecular formula is C9H14N2O3. The van der Waals surface area contributed by atoms with Crippen molar-refractivity contribution >= 4 is 5.97 Å². The number of rotatable bonds is 4. The van der Waals surface area contributed by atoms with Crippen LogP contribution in [-0.2, 0) is 16.6 Å². The Hall–Kier alpha value is -1.52. The molecule has 0 spiro atoms. The molecule has 1 atom stereocenters. The molecule has 0 fully saturated rings. The van der Waals surface area contributed by atoms with Gasteiger partial charge >= 0.3 is 5.97 Å². The lowest BCUT2D eigenvalue weighted by Gasteiger charge is -2.10. The lowest BCUT2D eigenvalue weighted by Crippen LogP contribution is -2.25. The molecule has 14 heavy (non-hydrogen) atoms. The van der Waals surface area contributed by atoms with Gasteiger partial charge in [0.1, 0.15) is 0 Å². The SMILES string of the molecule is CCOC(=O)C(C)Oc1cnn(C)c1. The van der Waals surface area contributed by atoms with E-state index in [1.807, 2.05) is 0 Å². The molecule has 0 bridgehead atoms. The number of carbonyl (C=O) groups excluding carboxylic acids is 1. The van der Waals surface area contributed by atoms with Crippen molar-refractivity contribution in [1.29, 1.82) is 0 Å². The van der Waals surface area contributed by atoms with Crippen LogP contribution in [0.3, 0.4) is 0 Å². The minimum Gasteiger partial charge on any atom is -0.476 e. The second-order valence-corrected chi connectivity index (χ2v) is 2.86. The van der Waals surface area contributed by atoms with Gasteiger partial charge in [-0.2, -0.15) is 5.10 Å². The van der Waals surface area contributed by atoms with Gasteiger partial charge in [0.2, 0.25) is 0 Å². The summed E-state index contributed by atoms with van der Waals surface area (Å²) >= 11 is 0. The summed E-state index contributed by atoms with van der Waals surface area (Å²) in [6, 6.07) is 0. The van der Waals surface area contributed by atoms with Crippen molar-refractivity contribution in [2.45, 2.75) is 20.0 Å². The molecule has 0 N–H and O–H groups in total. The van der Waals surface area contributed by atoms with E-state index in [4.69, 9.17) is 9.47 Å². The fraction of sp³-hybridized carbons (Fsp3) is 0.556. The van der Waals surface area contributed by atoms with E-state index in [1.165, 1.54) is 0 Å². The number of nitrogens with zero attached hydrogens (tertiary/aromatic N) is 2. The van der Waals surface area contributed by atoms with Gasteiger partial charge in [0.15, 0.2) is 11.9 Å². The van der Waals surface area contributed by atoms with Gasteiger partial charge in [-0.1, -0.05) is 0 Å². The lowest BCUT2D eigenvalue weighted by molar-refractivity contribution is -0.150. The molecule has 0 radical (unpaired) electrons. The molecule has 0 aliphatic heterocycles. The first-order chi connectivity index (χ1) is 6.63. The average Bonchev–Trinajstić information content (AvgIpc) is 2.51.